The van der Waals surface area contributed by atoms with Crippen LogP contribution in [-0.2, 0) is 0 Å². The molecule has 3 rings (SSSR count). The average molecular weight is 310 g/mol. The Morgan fingerprint density at radius 1 is 1.22 bits per heavy atom. The van der Waals surface area contributed by atoms with Gasteiger partial charge in [0, 0.05) is 16.8 Å². The van der Waals surface area contributed by atoms with E-state index in [0.717, 1.165) is 27.9 Å². The zero-order valence-corrected chi connectivity index (χ0v) is 12.5. The topological polar surface area (TPSA) is 54.3 Å². The molecule has 116 valence electrons. The van der Waals surface area contributed by atoms with Crippen LogP contribution in [0.3, 0.4) is 0 Å². The first-order chi connectivity index (χ1) is 11.0. The number of nitrogens with zero attached hydrogens (tertiary/aromatic N) is 1. The summed E-state index contributed by atoms with van der Waals surface area (Å²) in [5, 5.41) is 12.1. The van der Waals surface area contributed by atoms with Gasteiger partial charge in [-0.15, -0.1) is 0 Å². The minimum absolute atomic E-state index is 0.310. The van der Waals surface area contributed by atoms with Crippen molar-refractivity contribution in [2.75, 3.05) is 5.32 Å². The molecule has 0 atom stereocenters. The highest BCUT2D eigenvalue weighted by Gasteiger charge is 2.14. The molecule has 1 aromatic heterocycles. The van der Waals surface area contributed by atoms with E-state index in [2.05, 4.69) is 11.9 Å². The molecule has 0 aliphatic heterocycles. The standard InChI is InChI=1S/C18H15FN2O2/c1-11(2)17-10-14-15(20-18(22)23)4-3-5-16(14)21(17)13-8-6-12(19)7-9-13/h3-10,20H,1H2,2H3,(H,22,23). The summed E-state index contributed by atoms with van der Waals surface area (Å²) in [7, 11) is 0. The van der Waals surface area contributed by atoms with Crippen molar-refractivity contribution >= 4 is 28.3 Å². The lowest BCUT2D eigenvalue weighted by molar-refractivity contribution is 0.210. The van der Waals surface area contributed by atoms with E-state index in [1.54, 1.807) is 24.3 Å². The molecule has 0 spiro atoms. The molecule has 2 N–H and O–H groups in total. The van der Waals surface area contributed by atoms with Crippen LogP contribution in [0.4, 0.5) is 14.9 Å². The van der Waals surface area contributed by atoms with Crippen LogP contribution in [0.2, 0.25) is 0 Å². The first-order valence-electron chi connectivity index (χ1n) is 7.03. The SMILES string of the molecule is C=C(C)c1cc2c(NC(=O)O)cccc2n1-c1ccc(F)cc1. The van der Waals surface area contributed by atoms with Crippen molar-refractivity contribution in [3.05, 3.63) is 66.6 Å². The second-order valence-corrected chi connectivity index (χ2v) is 5.29. The van der Waals surface area contributed by atoms with Gasteiger partial charge in [0.05, 0.1) is 11.2 Å². The maximum Gasteiger partial charge on any atom is 0.409 e. The lowest BCUT2D eigenvalue weighted by Crippen LogP contribution is -2.07. The number of rotatable bonds is 3. The zero-order valence-electron chi connectivity index (χ0n) is 12.5. The summed E-state index contributed by atoms with van der Waals surface area (Å²) in [5.74, 6) is -0.310. The number of aromatic nitrogens is 1. The number of carboxylic acid groups (broad SMARTS) is 1. The van der Waals surface area contributed by atoms with Gasteiger partial charge in [-0.25, -0.2) is 9.18 Å². The van der Waals surface area contributed by atoms with E-state index in [-0.39, 0.29) is 5.82 Å². The third-order valence-corrected chi connectivity index (χ3v) is 3.61. The Labute approximate surface area is 132 Å². The Morgan fingerprint density at radius 3 is 2.52 bits per heavy atom. The number of fused-ring (bicyclic) bond motifs is 1. The summed E-state index contributed by atoms with van der Waals surface area (Å²) in [5.41, 5.74) is 3.77. The van der Waals surface area contributed by atoms with Crippen molar-refractivity contribution in [2.45, 2.75) is 6.92 Å². The van der Waals surface area contributed by atoms with Crippen molar-refractivity contribution in [3.63, 3.8) is 0 Å². The zero-order chi connectivity index (χ0) is 16.6. The number of hydrogen-bond acceptors (Lipinski definition) is 1. The third-order valence-electron chi connectivity index (χ3n) is 3.61. The summed E-state index contributed by atoms with van der Waals surface area (Å²) in [6.45, 7) is 5.86. The molecule has 4 nitrogen and oxygen atoms in total. The van der Waals surface area contributed by atoms with E-state index in [1.165, 1.54) is 12.1 Å². The molecular formula is C18H15FN2O2. The number of anilines is 1. The molecule has 1 heterocycles. The lowest BCUT2D eigenvalue weighted by atomic mass is 10.2. The second-order valence-electron chi connectivity index (χ2n) is 5.29. The van der Waals surface area contributed by atoms with E-state index < -0.39 is 6.09 Å². The highest BCUT2D eigenvalue weighted by atomic mass is 19.1. The monoisotopic (exact) mass is 310 g/mol. The minimum Gasteiger partial charge on any atom is -0.465 e. The predicted molar refractivity (Wildman–Crippen MR) is 89.6 cm³/mol. The fourth-order valence-electron chi connectivity index (χ4n) is 2.64. The molecule has 0 saturated carbocycles. The summed E-state index contributed by atoms with van der Waals surface area (Å²) in [6.07, 6.45) is -1.12. The van der Waals surface area contributed by atoms with Crippen molar-refractivity contribution in [1.29, 1.82) is 0 Å². The molecule has 0 saturated heterocycles. The molecule has 1 amide bonds. The number of allylic oxidation sites excluding steroid dienone is 1. The van der Waals surface area contributed by atoms with Gasteiger partial charge in [0.2, 0.25) is 0 Å². The van der Waals surface area contributed by atoms with Gasteiger partial charge in [0.25, 0.3) is 0 Å². The molecule has 0 bridgehead atoms. The Hall–Kier alpha value is -3.08. The first kappa shape index (κ1) is 14.8. The van der Waals surface area contributed by atoms with Gasteiger partial charge in [-0.3, -0.25) is 5.32 Å². The van der Waals surface area contributed by atoms with E-state index >= 15 is 0 Å². The smallest absolute Gasteiger partial charge is 0.409 e. The number of nitrogens with one attached hydrogen (secondary N) is 1. The van der Waals surface area contributed by atoms with Gasteiger partial charge in [-0.05, 0) is 55.0 Å². The molecule has 0 aliphatic rings. The van der Waals surface area contributed by atoms with Crippen LogP contribution in [0.5, 0.6) is 0 Å². The molecule has 3 aromatic rings. The molecule has 0 radical (unpaired) electrons. The fourth-order valence-corrected chi connectivity index (χ4v) is 2.64. The van der Waals surface area contributed by atoms with Crippen LogP contribution < -0.4 is 5.32 Å². The second kappa shape index (κ2) is 5.61. The lowest BCUT2D eigenvalue weighted by Gasteiger charge is -2.11. The maximum absolute atomic E-state index is 13.2. The quantitative estimate of drug-likeness (QED) is 0.723. The van der Waals surface area contributed by atoms with Gasteiger partial charge in [-0.1, -0.05) is 12.6 Å². The molecule has 0 unspecified atom stereocenters. The molecule has 5 heteroatoms. The van der Waals surface area contributed by atoms with Crippen molar-refractivity contribution in [1.82, 2.24) is 4.57 Å². The van der Waals surface area contributed by atoms with Crippen LogP contribution in [0.1, 0.15) is 12.6 Å². The largest absolute Gasteiger partial charge is 0.465 e. The predicted octanol–water partition coefficient (Wildman–Crippen LogP) is 4.89. The molecule has 0 aliphatic carbocycles. The maximum atomic E-state index is 13.2. The van der Waals surface area contributed by atoms with Crippen LogP contribution in [-0.4, -0.2) is 15.8 Å². The van der Waals surface area contributed by atoms with E-state index in [9.17, 15) is 9.18 Å². The van der Waals surface area contributed by atoms with Crippen LogP contribution >= 0.6 is 0 Å². The van der Waals surface area contributed by atoms with Gasteiger partial charge < -0.3 is 9.67 Å². The third kappa shape index (κ3) is 2.68. The number of amides is 1. The normalized spacial score (nSPS) is 10.7. The highest BCUT2D eigenvalue weighted by molar-refractivity contribution is 6.01. The van der Waals surface area contributed by atoms with Gasteiger partial charge in [-0.2, -0.15) is 0 Å². The van der Waals surface area contributed by atoms with Crippen LogP contribution in [0, 0.1) is 5.82 Å². The number of hydrogen-bond donors (Lipinski definition) is 2. The van der Waals surface area contributed by atoms with Crippen LogP contribution in [0.25, 0.3) is 22.2 Å². The Bertz CT molecular complexity index is 911. The van der Waals surface area contributed by atoms with Crippen molar-refractivity contribution in [3.8, 4) is 5.69 Å². The van der Waals surface area contributed by atoms with E-state index in [4.69, 9.17) is 5.11 Å². The number of benzene rings is 2. The molecule has 23 heavy (non-hydrogen) atoms. The van der Waals surface area contributed by atoms with Gasteiger partial charge >= 0.3 is 6.09 Å². The number of carbonyl (C=O) groups is 1. The van der Waals surface area contributed by atoms with E-state index in [1.807, 2.05) is 23.6 Å². The molecule has 0 fully saturated rings. The molecular weight excluding hydrogens is 295 g/mol. The average Bonchev–Trinajstić information content (AvgIpc) is 2.88. The molecule has 2 aromatic carbocycles. The Kier molecular flexibility index (Phi) is 3.62. The van der Waals surface area contributed by atoms with Gasteiger partial charge in [0.1, 0.15) is 5.82 Å². The minimum atomic E-state index is -1.12. The van der Waals surface area contributed by atoms with Crippen molar-refractivity contribution < 1.29 is 14.3 Å². The number of halogens is 1. The summed E-state index contributed by atoms with van der Waals surface area (Å²) in [4.78, 5) is 11.0. The Balaban J connectivity index is 2.31. The fraction of sp³-hybridized carbons (Fsp3) is 0.0556. The summed E-state index contributed by atoms with van der Waals surface area (Å²) < 4.78 is 15.1. The van der Waals surface area contributed by atoms with E-state index in [0.29, 0.717) is 5.69 Å². The van der Waals surface area contributed by atoms with Gasteiger partial charge in [0.15, 0.2) is 0 Å². The highest BCUT2D eigenvalue weighted by Crippen LogP contribution is 2.32. The summed E-state index contributed by atoms with van der Waals surface area (Å²) >= 11 is 0. The Morgan fingerprint density at radius 2 is 1.91 bits per heavy atom. The van der Waals surface area contributed by atoms with Crippen molar-refractivity contribution in [2.24, 2.45) is 0 Å². The first-order valence-corrected chi connectivity index (χ1v) is 7.03. The van der Waals surface area contributed by atoms with Crippen LogP contribution in [0.15, 0.2) is 55.1 Å². The summed E-state index contributed by atoms with van der Waals surface area (Å²) in [6, 6.07) is 13.4.